The Bertz CT molecular complexity index is 1410. The van der Waals surface area contributed by atoms with Crippen molar-refractivity contribution in [1.29, 1.82) is 0 Å². The molecule has 0 spiro atoms. The predicted molar refractivity (Wildman–Crippen MR) is 152 cm³/mol. The molecule has 0 unspecified atom stereocenters. The molecule has 1 saturated carbocycles. The van der Waals surface area contributed by atoms with E-state index in [9.17, 15) is 9.90 Å². The summed E-state index contributed by atoms with van der Waals surface area (Å²) >= 11 is 6.08. The van der Waals surface area contributed by atoms with Gasteiger partial charge in [-0.1, -0.05) is 54.1 Å². The summed E-state index contributed by atoms with van der Waals surface area (Å²) in [6, 6.07) is 18.5. The van der Waals surface area contributed by atoms with Crippen LogP contribution in [-0.4, -0.2) is 44.7 Å². The molecule has 9 heteroatoms. The number of aromatic amines is 1. The molecular weight excluding hydrogens is 514 g/mol. The first-order chi connectivity index (χ1) is 19.0. The van der Waals surface area contributed by atoms with Crippen molar-refractivity contribution in [3.8, 4) is 11.3 Å². The summed E-state index contributed by atoms with van der Waals surface area (Å²) < 4.78 is 6.23. The number of ether oxygens (including phenoxy) is 1. The Kier molecular flexibility index (Phi) is 8.56. The number of aliphatic hydroxyl groups is 1. The average molecular weight is 546 g/mol. The molecule has 0 aliphatic heterocycles. The van der Waals surface area contributed by atoms with E-state index in [4.69, 9.17) is 21.3 Å². The summed E-state index contributed by atoms with van der Waals surface area (Å²) in [4.78, 5) is 25.3. The van der Waals surface area contributed by atoms with E-state index in [0.29, 0.717) is 23.3 Å². The third-order valence-electron chi connectivity index (χ3n) is 6.99. The molecule has 1 fully saturated rings. The molecule has 2 heterocycles. The second kappa shape index (κ2) is 12.4. The number of carbonyl (C=O) groups is 1. The minimum absolute atomic E-state index is 0.0834. The Hall–Kier alpha value is -3.72. The van der Waals surface area contributed by atoms with Crippen LogP contribution in [0.1, 0.15) is 52.5 Å². The molecule has 39 heavy (non-hydrogen) atoms. The molecule has 4 N–H and O–H groups in total. The highest BCUT2D eigenvalue weighted by Crippen LogP contribution is 2.28. The molecule has 0 radical (unpaired) electrons. The van der Waals surface area contributed by atoms with Crippen LogP contribution in [0.3, 0.4) is 0 Å². The van der Waals surface area contributed by atoms with Crippen molar-refractivity contribution in [2.45, 2.75) is 51.0 Å². The van der Waals surface area contributed by atoms with E-state index in [2.05, 4.69) is 32.7 Å². The van der Waals surface area contributed by atoms with Crippen molar-refractivity contribution < 1.29 is 14.6 Å². The smallest absolute Gasteiger partial charge is 0.268 e. The van der Waals surface area contributed by atoms with Gasteiger partial charge in [0.25, 0.3) is 5.91 Å². The lowest BCUT2D eigenvalue weighted by Crippen LogP contribution is -2.31. The van der Waals surface area contributed by atoms with Crippen LogP contribution in [-0.2, 0) is 11.3 Å². The molecule has 0 saturated heterocycles. The second-order valence-corrected chi connectivity index (χ2v) is 10.2. The van der Waals surface area contributed by atoms with Crippen LogP contribution in [0.15, 0.2) is 73.1 Å². The Labute approximate surface area is 232 Å². The van der Waals surface area contributed by atoms with Crippen LogP contribution in [0, 0.1) is 6.92 Å². The maximum atomic E-state index is 13.0. The lowest BCUT2D eigenvalue weighted by atomic mass is 10.1. The van der Waals surface area contributed by atoms with E-state index < -0.39 is 6.04 Å². The third-order valence-corrected chi connectivity index (χ3v) is 7.22. The van der Waals surface area contributed by atoms with E-state index in [0.717, 1.165) is 47.2 Å². The summed E-state index contributed by atoms with van der Waals surface area (Å²) in [5.74, 6) is 0.194. The van der Waals surface area contributed by atoms with Gasteiger partial charge in [0.05, 0.1) is 37.1 Å². The molecule has 5 rings (SSSR count). The zero-order valence-corrected chi connectivity index (χ0v) is 22.5. The monoisotopic (exact) mass is 545 g/mol. The van der Waals surface area contributed by atoms with Crippen LogP contribution in [0.25, 0.3) is 11.3 Å². The molecule has 202 valence electrons. The molecule has 1 aliphatic carbocycles. The molecule has 4 aromatic rings. The number of aryl methyl sites for hydroxylation is 1. The van der Waals surface area contributed by atoms with Crippen LogP contribution in [0.5, 0.6) is 0 Å². The average Bonchev–Trinajstić information content (AvgIpc) is 3.62. The number of nitrogens with one attached hydrogen (secondary N) is 3. The van der Waals surface area contributed by atoms with Gasteiger partial charge in [0.2, 0.25) is 5.95 Å². The molecule has 2 aromatic carbocycles. The van der Waals surface area contributed by atoms with Gasteiger partial charge in [-0.2, -0.15) is 0 Å². The number of halogens is 1. The fraction of sp³-hybridized carbons (Fsp3) is 0.300. The first-order valence-corrected chi connectivity index (χ1v) is 13.5. The van der Waals surface area contributed by atoms with Crippen LogP contribution < -0.4 is 10.6 Å². The molecule has 3 atom stereocenters. The Balaban J connectivity index is 1.26. The first kappa shape index (κ1) is 26.9. The fourth-order valence-electron chi connectivity index (χ4n) is 4.89. The van der Waals surface area contributed by atoms with Gasteiger partial charge >= 0.3 is 0 Å². The minimum Gasteiger partial charge on any atom is -0.394 e. The van der Waals surface area contributed by atoms with Gasteiger partial charge in [-0.3, -0.25) is 4.79 Å². The molecule has 1 amide bonds. The second-order valence-electron chi connectivity index (χ2n) is 9.81. The SMILES string of the molecule is Cc1cnc(N[C@H]2CCC[C@H]2OCc2ccccc2)nc1-c1c[nH]c(C(=O)N[C@H](CO)c2cccc(Cl)c2)c1. The predicted octanol–water partition coefficient (Wildman–Crippen LogP) is 5.45. The van der Waals surface area contributed by atoms with Crippen molar-refractivity contribution in [1.82, 2.24) is 20.3 Å². The normalized spacial score (nSPS) is 17.6. The summed E-state index contributed by atoms with van der Waals surface area (Å²) in [6.07, 6.45) is 6.68. The summed E-state index contributed by atoms with van der Waals surface area (Å²) in [5, 5.41) is 16.7. The number of amides is 1. The number of anilines is 1. The van der Waals surface area contributed by atoms with Gasteiger partial charge in [0.1, 0.15) is 5.69 Å². The Morgan fingerprint density at radius 1 is 1.18 bits per heavy atom. The van der Waals surface area contributed by atoms with E-state index in [1.54, 1.807) is 36.7 Å². The molecule has 1 aliphatic rings. The minimum atomic E-state index is -0.581. The summed E-state index contributed by atoms with van der Waals surface area (Å²) in [7, 11) is 0. The molecular formula is C30H32ClN5O3. The fourth-order valence-corrected chi connectivity index (χ4v) is 5.09. The number of hydrogen-bond donors (Lipinski definition) is 4. The van der Waals surface area contributed by atoms with E-state index in [1.165, 1.54) is 0 Å². The highest BCUT2D eigenvalue weighted by Gasteiger charge is 2.29. The van der Waals surface area contributed by atoms with Gasteiger partial charge < -0.3 is 25.5 Å². The van der Waals surface area contributed by atoms with Crippen molar-refractivity contribution >= 4 is 23.5 Å². The molecule has 8 nitrogen and oxygen atoms in total. The Morgan fingerprint density at radius 3 is 2.82 bits per heavy atom. The lowest BCUT2D eigenvalue weighted by Gasteiger charge is -2.22. The van der Waals surface area contributed by atoms with Crippen molar-refractivity contribution in [3.05, 3.63) is 100 Å². The maximum Gasteiger partial charge on any atom is 0.268 e. The van der Waals surface area contributed by atoms with Gasteiger partial charge in [-0.15, -0.1) is 0 Å². The summed E-state index contributed by atoms with van der Waals surface area (Å²) in [5.41, 5.74) is 4.64. The lowest BCUT2D eigenvalue weighted by molar-refractivity contribution is 0.0393. The van der Waals surface area contributed by atoms with Crippen LogP contribution in [0.4, 0.5) is 5.95 Å². The van der Waals surface area contributed by atoms with Gasteiger partial charge in [-0.25, -0.2) is 9.97 Å². The first-order valence-electron chi connectivity index (χ1n) is 13.1. The van der Waals surface area contributed by atoms with Gasteiger partial charge in [0.15, 0.2) is 0 Å². The number of nitrogens with zero attached hydrogens (tertiary/aromatic N) is 2. The number of H-pyrrole nitrogens is 1. The van der Waals surface area contributed by atoms with Crippen molar-refractivity contribution in [2.75, 3.05) is 11.9 Å². The quantitative estimate of drug-likeness (QED) is 0.211. The molecule has 2 aromatic heterocycles. The number of hydrogen-bond acceptors (Lipinski definition) is 6. The van der Waals surface area contributed by atoms with E-state index in [1.807, 2.05) is 31.2 Å². The van der Waals surface area contributed by atoms with Crippen LogP contribution in [0.2, 0.25) is 5.02 Å². The standard InChI is InChI=1S/C30H32ClN5O3/c1-19-15-33-30(35-24-11-6-12-27(24)39-18-20-7-3-2-4-8-20)36-28(19)22-14-25(32-16-22)29(38)34-26(17-37)21-9-5-10-23(31)13-21/h2-5,7-10,13-16,24,26-27,32,37H,6,11-12,17-18H2,1H3,(H,34,38)(H,33,35,36)/t24-,26+,27+/m0/s1. The maximum absolute atomic E-state index is 13.0. The van der Waals surface area contributed by atoms with E-state index >= 15 is 0 Å². The zero-order chi connectivity index (χ0) is 27.2. The number of aliphatic hydroxyl groups excluding tert-OH is 1. The van der Waals surface area contributed by atoms with Crippen molar-refractivity contribution in [2.24, 2.45) is 0 Å². The van der Waals surface area contributed by atoms with E-state index in [-0.39, 0.29) is 24.7 Å². The third kappa shape index (κ3) is 6.65. The largest absolute Gasteiger partial charge is 0.394 e. The molecule has 0 bridgehead atoms. The van der Waals surface area contributed by atoms with Crippen molar-refractivity contribution in [3.63, 3.8) is 0 Å². The highest BCUT2D eigenvalue weighted by molar-refractivity contribution is 6.30. The van der Waals surface area contributed by atoms with Gasteiger partial charge in [-0.05, 0) is 61.1 Å². The number of aromatic nitrogens is 3. The summed E-state index contributed by atoms with van der Waals surface area (Å²) in [6.45, 7) is 2.26. The topological polar surface area (TPSA) is 112 Å². The highest BCUT2D eigenvalue weighted by atomic mass is 35.5. The number of benzene rings is 2. The number of rotatable bonds is 10. The number of carbonyl (C=O) groups excluding carboxylic acids is 1. The zero-order valence-electron chi connectivity index (χ0n) is 21.7. The van der Waals surface area contributed by atoms with Crippen LogP contribution >= 0.6 is 11.6 Å². The Morgan fingerprint density at radius 2 is 2.03 bits per heavy atom. The van der Waals surface area contributed by atoms with Gasteiger partial charge in [0, 0.05) is 23.0 Å².